The summed E-state index contributed by atoms with van der Waals surface area (Å²) >= 11 is 21.6. The summed E-state index contributed by atoms with van der Waals surface area (Å²) in [5.74, 6) is -4.14. The Hall–Kier alpha value is -6.22. The number of carboxylic acids is 1. The van der Waals surface area contributed by atoms with Gasteiger partial charge in [0.25, 0.3) is 38.6 Å². The number of thiol groups is 1. The number of carbonyl (C=O) groups excluding carboxylic acids is 5. The molecule has 29 nitrogen and oxygen atoms in total. The van der Waals surface area contributed by atoms with Gasteiger partial charge in [0.05, 0.1) is 105 Å². The number of nitrogens with one attached hydrogen (secondary N) is 2. The van der Waals surface area contributed by atoms with Crippen molar-refractivity contribution in [1.82, 2.24) is 0 Å². The Morgan fingerprint density at radius 2 is 0.940 bits per heavy atom. The zero-order valence-electron chi connectivity index (χ0n) is 64.2. The van der Waals surface area contributed by atoms with E-state index in [0.717, 1.165) is 97.0 Å². The van der Waals surface area contributed by atoms with Gasteiger partial charge in [0, 0.05) is 79.8 Å². The van der Waals surface area contributed by atoms with Crippen LogP contribution in [0.3, 0.4) is 0 Å². The Morgan fingerprint density at radius 1 is 0.556 bits per heavy atom. The molecule has 0 saturated heterocycles. The first-order valence-electron chi connectivity index (χ1n) is 32.1. The number of anilines is 2. The number of nitrogens with zero attached hydrogens (tertiary/aromatic N) is 5. The summed E-state index contributed by atoms with van der Waals surface area (Å²) in [4.78, 5) is 117. The van der Waals surface area contributed by atoms with Gasteiger partial charge in [0.2, 0.25) is 17.6 Å². The monoisotopic (exact) mass is 2470 g/mol. The number of nitro groups is 5. The standard InChI is InChI=1S/C11H10INO5.C11H12INO.C10H7F3INO4.C9H5F3INO4.C9H8INO.C8H8INO2.C8H9NO2.C4H10O3S.CH4S.CH3.BrH.Cu/c1-6-3-7(12)4-9(13(16)17)8(6)5-10(14)11(15)18-2;1-6-4-7(12)5-8-9(6)11(2,3)10(14)13-8;1-19-9(16)4-6-7(10(11,12)13)2-5(14)3-8(6)15(17)18;10-9(11,12)6-1-4(13)2-7(14(17)18)5(6)3-8(15)16;1-5-2-6(10)3-8-7(5)4-9(12)11-8;1-5-3-7(9)4-8(6(5)2)10(11)12;1-6-4-3-5-8(7(6)2)9(10)11;1-3-4-7-8(2,5)6;1-2;;;/h3-4H,5H2,1-2H3;4-5H,1-3H3,(H,13,14);2-3H,4H2,1H3;1-2H,3H2,(H,15,16);2-3H,4H2,1H3,(H,11,12);3-4H,1-2H3;3-5H,1-2H3;3-4H2,1-2H3;2H,1H3;1H3;1H;/q;;;;;;;;;-1;;+2/p-1. The van der Waals surface area contributed by atoms with Crippen molar-refractivity contribution in [3.05, 3.63) is 248 Å². The Balaban J connectivity index is 0. The average Bonchev–Trinajstić information content (AvgIpc) is 1.69. The predicted octanol–water partition coefficient (Wildman–Crippen LogP) is 19.7. The van der Waals surface area contributed by atoms with E-state index < -0.39 is 107 Å². The Kier molecular flexibility index (Phi) is 50.3. The van der Waals surface area contributed by atoms with Crippen molar-refractivity contribution in [1.29, 1.82) is 0 Å². The number of halogens is 13. The molecule has 0 atom stereocenters. The van der Waals surface area contributed by atoms with E-state index in [1.165, 1.54) is 49.4 Å². The number of aryl methyl sites for hydroxylation is 5. The first-order chi connectivity index (χ1) is 53.4. The number of ether oxygens (including phenoxy) is 2. The zero-order chi connectivity index (χ0) is 90.3. The normalized spacial score (nSPS) is 11.5. The molecule has 117 heavy (non-hydrogen) atoms. The van der Waals surface area contributed by atoms with Crippen molar-refractivity contribution in [2.75, 3.05) is 44.0 Å². The van der Waals surface area contributed by atoms with E-state index >= 15 is 0 Å². The van der Waals surface area contributed by atoms with Gasteiger partial charge < -0.3 is 32.6 Å². The first kappa shape index (κ1) is 113. The van der Waals surface area contributed by atoms with Crippen LogP contribution in [0.2, 0.25) is 0 Å². The Morgan fingerprint density at radius 3 is 1.33 bits per heavy atom. The number of carboxylic acid groups (broad SMARTS) is 1. The predicted molar refractivity (Wildman–Crippen MR) is 481 cm³/mol. The van der Waals surface area contributed by atoms with Crippen molar-refractivity contribution >= 4 is 248 Å². The van der Waals surface area contributed by atoms with Gasteiger partial charge in [-0.3, -0.25) is 78.7 Å². The van der Waals surface area contributed by atoms with Gasteiger partial charge in [-0.15, -0.1) is 0 Å². The van der Waals surface area contributed by atoms with Gasteiger partial charge >= 0.3 is 58.6 Å². The van der Waals surface area contributed by atoms with E-state index in [-0.39, 0.29) is 70.7 Å². The average molecular weight is 2470 g/mol. The molecule has 45 heteroatoms. The summed E-state index contributed by atoms with van der Waals surface area (Å²) in [6.45, 7) is 19.1. The number of Topliss-reactive ketones (excluding diaryl/α,β-unsaturated/α-hetero) is 1. The fourth-order valence-electron chi connectivity index (χ4n) is 10.0. The molecule has 0 bridgehead atoms. The van der Waals surface area contributed by atoms with Gasteiger partial charge in [-0.1, -0.05) is 19.1 Å². The number of hydrogen-bond donors (Lipinski definition) is 4. The number of hydrogen-bond acceptors (Lipinski definition) is 22. The van der Waals surface area contributed by atoms with Gasteiger partial charge in [0.15, 0.2) is 0 Å². The molecule has 0 aromatic heterocycles. The number of fused-ring (bicyclic) bond motifs is 2. The zero-order valence-corrected chi connectivity index (χ0v) is 81.4. The molecule has 2 amide bonds. The number of alkyl halides is 6. The van der Waals surface area contributed by atoms with Crippen molar-refractivity contribution < 1.29 is 121 Å². The summed E-state index contributed by atoms with van der Waals surface area (Å²) in [6, 6.07) is 23.3. The van der Waals surface area contributed by atoms with E-state index in [1.54, 1.807) is 67.8 Å². The van der Waals surface area contributed by atoms with Gasteiger partial charge in [-0.05, 0) is 298 Å². The first-order valence-corrected chi connectivity index (χ1v) is 43.6. The van der Waals surface area contributed by atoms with Crippen LogP contribution in [0.15, 0.2) is 91.0 Å². The molecule has 0 fully saturated rings. The maximum atomic E-state index is 12.8. The molecule has 7 aromatic rings. The molecule has 0 aliphatic carbocycles. The van der Waals surface area contributed by atoms with Gasteiger partial charge in [-0.2, -0.15) is 47.4 Å². The molecule has 3 N–H and O–H groups in total. The van der Waals surface area contributed by atoms with Gasteiger partial charge in [-0.25, -0.2) is 4.79 Å². The minimum atomic E-state index is -4.84. The van der Waals surface area contributed by atoms with Crippen LogP contribution in [0.25, 0.3) is 0 Å². The summed E-state index contributed by atoms with van der Waals surface area (Å²) in [7, 11) is -1.10. The molecule has 2 aliphatic heterocycles. The van der Waals surface area contributed by atoms with Crippen LogP contribution in [0.1, 0.15) is 105 Å². The number of ketones is 1. The van der Waals surface area contributed by atoms with Crippen LogP contribution >= 0.6 is 162 Å². The van der Waals surface area contributed by atoms with Crippen molar-refractivity contribution in [3.63, 3.8) is 0 Å². The van der Waals surface area contributed by atoms with Crippen LogP contribution < -0.4 is 10.6 Å². The molecule has 2 heterocycles. The Bertz CT molecular complexity index is 4940. The van der Waals surface area contributed by atoms with E-state index in [9.17, 15) is 114 Å². The van der Waals surface area contributed by atoms with Crippen LogP contribution in [0.5, 0.6) is 0 Å². The van der Waals surface area contributed by atoms with Crippen LogP contribution in [-0.4, -0.2) is 107 Å². The number of nitro benzene ring substituents is 5. The quantitative estimate of drug-likeness (QED) is 0.00707. The molecule has 0 saturated carbocycles. The fraction of sp³-hybridized carbons (Fsp3) is 0.319. The molecule has 9 rings (SSSR count). The maximum absolute atomic E-state index is 12.8. The molecular weight excluding hydrogens is 2400 g/mol. The van der Waals surface area contributed by atoms with E-state index in [1.807, 2.05) is 88.4 Å². The summed E-state index contributed by atoms with van der Waals surface area (Å²) in [6.07, 6.45) is -7.80. The number of benzene rings is 7. The second-order valence-corrected chi connectivity index (χ2v) is 33.2. The van der Waals surface area contributed by atoms with E-state index in [4.69, 9.17) is 5.11 Å². The number of carbonyl (C=O) groups is 6. The van der Waals surface area contributed by atoms with Crippen molar-refractivity contribution in [2.45, 2.75) is 119 Å². The molecule has 0 radical (unpaired) electrons. The minimum absolute atomic E-state index is 0. The Labute approximate surface area is 771 Å². The van der Waals surface area contributed by atoms with E-state index in [2.05, 4.69) is 152 Å². The van der Waals surface area contributed by atoms with Crippen LogP contribution in [0.4, 0.5) is 66.2 Å². The molecule has 0 spiro atoms. The number of methoxy groups -OCH3 is 2. The van der Waals surface area contributed by atoms with Crippen molar-refractivity contribution in [2.24, 2.45) is 0 Å². The van der Waals surface area contributed by atoms with Crippen LogP contribution in [0, 0.1) is 128 Å². The number of amides is 2. The summed E-state index contributed by atoms with van der Waals surface area (Å²) < 4.78 is 114. The second kappa shape index (κ2) is 52.2. The SMILES string of the molecule is CCCOS(C)(=O)=O.COC(=O)C(=O)Cc1c(C)cc(I)cc1[N+](=O)[O-].COC(=O)Cc1c([N+](=O)[O-])cc(I)cc1C(F)(F)F.CS.Cc1cc(I)cc([N+](=O)[O-])c1C.Cc1cc(I)cc2c1C(C)(C)C(=O)N2.Cc1cc(I)cc2c1CC(=O)N2.Cc1cccc([N+](=O)[O-])c1C.O=C(O)Cc1c([N+](=O)[O-])cc(I)cc1C(F)(F)F.[CH3-].[Cu+][Br]. The number of esters is 2. The van der Waals surface area contributed by atoms with Crippen molar-refractivity contribution in [3.8, 4) is 0 Å². The molecule has 0 unspecified atom stereocenters. The second-order valence-electron chi connectivity index (χ2n) is 24.1. The van der Waals surface area contributed by atoms with Gasteiger partial charge in [0.1, 0.15) is 0 Å². The molecule has 7 aromatic carbocycles. The summed E-state index contributed by atoms with van der Waals surface area (Å²) in [5.41, 5.74) is 5.20. The number of rotatable bonds is 15. The molecular formula is C72H76BrCuF6I6N7O22S2. The van der Waals surface area contributed by atoms with E-state index in [0.29, 0.717) is 28.2 Å². The van der Waals surface area contributed by atoms with Crippen LogP contribution in [-0.2, 0) is 110 Å². The molecule has 645 valence electrons. The third-order valence-corrected chi connectivity index (χ3v) is 19.8. The fourth-order valence-corrected chi connectivity index (χ4v) is 14.8. The molecule has 2 aliphatic rings. The third-order valence-electron chi connectivity index (χ3n) is 15.5. The third kappa shape index (κ3) is 37.3. The topological polar surface area (TPSA) is 424 Å². The summed E-state index contributed by atoms with van der Waals surface area (Å²) in [5, 5.41) is 67.6. The number of aliphatic carboxylic acids is 1.